The molecule has 33 heavy (non-hydrogen) atoms. The molecular weight excluding hydrogens is 438 g/mol. The van der Waals surface area contributed by atoms with Crippen molar-refractivity contribution < 1.29 is 14.6 Å². The third-order valence-corrected chi connectivity index (χ3v) is 6.78. The molecule has 0 spiro atoms. The summed E-state index contributed by atoms with van der Waals surface area (Å²) < 4.78 is 6.19. The number of aliphatic carboxylic acids is 1. The number of fused-ring (bicyclic) bond motifs is 2. The number of piperazine rings is 1. The topological polar surface area (TPSA) is 65.4 Å². The van der Waals surface area contributed by atoms with Gasteiger partial charge in [0.2, 0.25) is 0 Å². The number of hydrogen-bond donors (Lipinski definition) is 1. The molecular formula is C26H32ClN3O3. The van der Waals surface area contributed by atoms with Crippen LogP contribution in [-0.2, 0) is 4.79 Å². The second kappa shape index (κ2) is 10.1. The molecule has 6 nitrogen and oxygen atoms in total. The lowest BCUT2D eigenvalue weighted by Gasteiger charge is -2.45. The van der Waals surface area contributed by atoms with Crippen molar-refractivity contribution in [2.75, 3.05) is 26.2 Å². The Labute approximate surface area is 200 Å². The molecule has 2 unspecified atom stereocenters. The van der Waals surface area contributed by atoms with Crippen LogP contribution in [0.25, 0.3) is 0 Å². The highest BCUT2D eigenvalue weighted by molar-refractivity contribution is 6.31. The zero-order valence-electron chi connectivity index (χ0n) is 19.5. The summed E-state index contributed by atoms with van der Waals surface area (Å²) in [6.45, 7) is 9.46. The van der Waals surface area contributed by atoms with Crippen molar-refractivity contribution in [3.8, 4) is 11.5 Å². The molecule has 1 saturated heterocycles. The zero-order chi connectivity index (χ0) is 23.5. The first-order valence-electron chi connectivity index (χ1n) is 11.7. The molecule has 2 aliphatic rings. The van der Waals surface area contributed by atoms with E-state index in [1.165, 1.54) is 0 Å². The van der Waals surface area contributed by atoms with Gasteiger partial charge in [0, 0.05) is 30.7 Å². The number of aliphatic imine (C=N–C) groups is 1. The average Bonchev–Trinajstić information content (AvgIpc) is 2.95. The summed E-state index contributed by atoms with van der Waals surface area (Å²) in [6, 6.07) is 13.2. The largest absolute Gasteiger partial charge is 0.481 e. The highest BCUT2D eigenvalue weighted by Gasteiger charge is 2.37. The van der Waals surface area contributed by atoms with Crippen LogP contribution >= 0.6 is 11.6 Å². The molecule has 2 aromatic rings. The van der Waals surface area contributed by atoms with E-state index >= 15 is 0 Å². The summed E-state index contributed by atoms with van der Waals surface area (Å²) in [5.41, 5.74) is 1.58. The van der Waals surface area contributed by atoms with Crippen LogP contribution in [0.1, 0.15) is 39.2 Å². The van der Waals surface area contributed by atoms with Gasteiger partial charge in [-0.2, -0.15) is 0 Å². The predicted octanol–water partition coefficient (Wildman–Crippen LogP) is 5.67. The molecule has 4 rings (SSSR count). The van der Waals surface area contributed by atoms with Gasteiger partial charge in [0.25, 0.3) is 0 Å². The van der Waals surface area contributed by atoms with E-state index in [0.29, 0.717) is 35.3 Å². The Kier molecular flexibility index (Phi) is 7.25. The second-order valence-corrected chi connectivity index (χ2v) is 9.67. The van der Waals surface area contributed by atoms with Crippen LogP contribution in [0.5, 0.6) is 11.5 Å². The number of carboxylic acid groups (broad SMARTS) is 1. The van der Waals surface area contributed by atoms with Crippen molar-refractivity contribution in [2.24, 2.45) is 16.8 Å². The average molecular weight is 470 g/mol. The SMILES string of the molecule is CCC(C(=O)O)C1CN(C2=Nc3cc(Cl)ccc3Oc3ccccc32)CCN1CCC(C)C. The minimum atomic E-state index is -0.734. The number of hydrogen-bond acceptors (Lipinski definition) is 5. The zero-order valence-corrected chi connectivity index (χ0v) is 20.3. The maximum atomic E-state index is 12.1. The Morgan fingerprint density at radius 2 is 2.00 bits per heavy atom. The van der Waals surface area contributed by atoms with Crippen LogP contribution in [0.4, 0.5) is 5.69 Å². The van der Waals surface area contributed by atoms with Gasteiger partial charge in [-0.3, -0.25) is 9.69 Å². The molecule has 2 heterocycles. The number of ether oxygens (including phenoxy) is 1. The number of para-hydroxylation sites is 1. The maximum absolute atomic E-state index is 12.1. The van der Waals surface area contributed by atoms with Gasteiger partial charge in [0.15, 0.2) is 5.75 Å². The fraction of sp³-hybridized carbons (Fsp3) is 0.462. The molecule has 2 aliphatic heterocycles. The maximum Gasteiger partial charge on any atom is 0.308 e. The van der Waals surface area contributed by atoms with E-state index < -0.39 is 11.9 Å². The Morgan fingerprint density at radius 1 is 1.21 bits per heavy atom. The predicted molar refractivity (Wildman–Crippen MR) is 132 cm³/mol. The van der Waals surface area contributed by atoms with E-state index in [1.807, 2.05) is 43.3 Å². The van der Waals surface area contributed by atoms with Crippen molar-refractivity contribution in [1.82, 2.24) is 9.80 Å². The summed E-state index contributed by atoms with van der Waals surface area (Å²) in [4.78, 5) is 21.7. The van der Waals surface area contributed by atoms with Crippen molar-refractivity contribution in [1.29, 1.82) is 0 Å². The van der Waals surface area contributed by atoms with Crippen LogP contribution in [0.2, 0.25) is 5.02 Å². The monoisotopic (exact) mass is 469 g/mol. The molecule has 0 bridgehead atoms. The molecule has 7 heteroatoms. The van der Waals surface area contributed by atoms with Gasteiger partial charge in [0.1, 0.15) is 17.3 Å². The van der Waals surface area contributed by atoms with Crippen molar-refractivity contribution in [3.05, 3.63) is 53.1 Å². The van der Waals surface area contributed by atoms with Crippen LogP contribution in [-0.4, -0.2) is 58.9 Å². The van der Waals surface area contributed by atoms with Crippen LogP contribution in [0.15, 0.2) is 47.5 Å². The lowest BCUT2D eigenvalue weighted by Crippen LogP contribution is -2.58. The van der Waals surface area contributed by atoms with E-state index in [-0.39, 0.29) is 6.04 Å². The summed E-state index contributed by atoms with van der Waals surface area (Å²) in [5.74, 6) is 1.61. The lowest BCUT2D eigenvalue weighted by molar-refractivity contribution is -0.145. The van der Waals surface area contributed by atoms with E-state index in [4.69, 9.17) is 21.3 Å². The van der Waals surface area contributed by atoms with Gasteiger partial charge in [-0.05, 0) is 55.6 Å². The molecule has 0 aromatic heterocycles. The van der Waals surface area contributed by atoms with Crippen LogP contribution in [0, 0.1) is 11.8 Å². The van der Waals surface area contributed by atoms with Gasteiger partial charge in [-0.25, -0.2) is 4.99 Å². The van der Waals surface area contributed by atoms with Gasteiger partial charge < -0.3 is 14.7 Å². The molecule has 0 aliphatic carbocycles. The quantitative estimate of drug-likeness (QED) is 0.590. The summed E-state index contributed by atoms with van der Waals surface area (Å²) in [6.07, 6.45) is 1.65. The summed E-state index contributed by atoms with van der Waals surface area (Å²) in [5, 5.41) is 10.6. The van der Waals surface area contributed by atoms with Gasteiger partial charge in [-0.15, -0.1) is 0 Å². The number of amidine groups is 1. The molecule has 0 saturated carbocycles. The molecule has 0 radical (unpaired) electrons. The number of carboxylic acids is 1. The first kappa shape index (κ1) is 23.6. The van der Waals surface area contributed by atoms with Crippen LogP contribution in [0.3, 0.4) is 0 Å². The Balaban J connectivity index is 1.71. The first-order valence-corrected chi connectivity index (χ1v) is 12.1. The standard InChI is InChI=1S/C26H32ClN3O3/c1-4-19(26(31)32)22-16-30(14-13-29(22)12-11-17(2)3)25-20-7-5-6-8-23(20)33-24-10-9-18(27)15-21(24)28-25/h5-10,15,17,19,22H,4,11-14,16H2,1-3H3,(H,31,32). The third-order valence-electron chi connectivity index (χ3n) is 6.54. The fourth-order valence-corrected chi connectivity index (χ4v) is 4.84. The third kappa shape index (κ3) is 5.17. The first-order chi connectivity index (χ1) is 15.9. The minimum Gasteiger partial charge on any atom is -0.481 e. The minimum absolute atomic E-state index is 0.0853. The molecule has 1 fully saturated rings. The highest BCUT2D eigenvalue weighted by atomic mass is 35.5. The summed E-state index contributed by atoms with van der Waals surface area (Å²) in [7, 11) is 0. The van der Waals surface area contributed by atoms with Crippen molar-refractivity contribution in [2.45, 2.75) is 39.7 Å². The second-order valence-electron chi connectivity index (χ2n) is 9.23. The highest BCUT2D eigenvalue weighted by Crippen LogP contribution is 2.40. The Morgan fingerprint density at radius 3 is 2.73 bits per heavy atom. The van der Waals surface area contributed by atoms with E-state index in [9.17, 15) is 9.90 Å². The van der Waals surface area contributed by atoms with E-state index in [2.05, 4.69) is 23.6 Å². The van der Waals surface area contributed by atoms with E-state index in [0.717, 1.165) is 43.2 Å². The molecule has 2 aromatic carbocycles. The molecule has 0 amide bonds. The smallest absolute Gasteiger partial charge is 0.308 e. The fourth-order valence-electron chi connectivity index (χ4n) is 4.67. The van der Waals surface area contributed by atoms with Crippen LogP contribution < -0.4 is 4.74 Å². The lowest BCUT2D eigenvalue weighted by atomic mass is 9.92. The molecule has 1 N–H and O–H groups in total. The number of carbonyl (C=O) groups is 1. The molecule has 176 valence electrons. The Hall–Kier alpha value is -2.57. The van der Waals surface area contributed by atoms with Crippen molar-refractivity contribution in [3.63, 3.8) is 0 Å². The van der Waals surface area contributed by atoms with Gasteiger partial charge >= 0.3 is 5.97 Å². The number of halogens is 1. The number of nitrogens with zero attached hydrogens (tertiary/aromatic N) is 3. The van der Waals surface area contributed by atoms with Gasteiger partial charge in [0.05, 0.1) is 11.5 Å². The molecule has 2 atom stereocenters. The summed E-state index contributed by atoms with van der Waals surface area (Å²) >= 11 is 6.26. The number of rotatable bonds is 6. The van der Waals surface area contributed by atoms with Gasteiger partial charge in [-0.1, -0.05) is 44.5 Å². The number of benzene rings is 2. The van der Waals surface area contributed by atoms with Crippen molar-refractivity contribution >= 4 is 29.1 Å². The normalized spacial score (nSPS) is 19.2. The Bertz CT molecular complexity index is 1040. The van der Waals surface area contributed by atoms with E-state index in [1.54, 1.807) is 6.07 Å².